The minimum absolute atomic E-state index is 0.210. The zero-order valence-electron chi connectivity index (χ0n) is 13.2. The molecule has 0 amide bonds. The predicted octanol–water partition coefficient (Wildman–Crippen LogP) is 3.70. The Morgan fingerprint density at radius 3 is 2.45 bits per heavy atom. The second kappa shape index (κ2) is 8.75. The minimum Gasteiger partial charge on any atom is -0.493 e. The summed E-state index contributed by atoms with van der Waals surface area (Å²) in [5.41, 5.74) is 1.82. The van der Waals surface area contributed by atoms with E-state index in [0.717, 1.165) is 49.5 Å². The van der Waals surface area contributed by atoms with Crippen LogP contribution in [0.2, 0.25) is 0 Å². The van der Waals surface area contributed by atoms with Crippen molar-refractivity contribution in [3.8, 4) is 5.75 Å². The van der Waals surface area contributed by atoms with E-state index in [1.165, 1.54) is 0 Å². The van der Waals surface area contributed by atoms with Crippen LogP contribution in [0.1, 0.15) is 49.5 Å². The Morgan fingerprint density at radius 1 is 1.20 bits per heavy atom. The van der Waals surface area contributed by atoms with Crippen molar-refractivity contribution in [1.82, 2.24) is 4.90 Å². The van der Waals surface area contributed by atoms with E-state index in [-0.39, 0.29) is 5.78 Å². The van der Waals surface area contributed by atoms with E-state index in [1.807, 2.05) is 25.1 Å². The van der Waals surface area contributed by atoms with Crippen LogP contribution in [0.15, 0.2) is 18.2 Å². The fourth-order valence-corrected chi connectivity index (χ4v) is 2.14. The number of carbonyl (C=O) groups is 1. The van der Waals surface area contributed by atoms with Gasteiger partial charge >= 0.3 is 0 Å². The van der Waals surface area contributed by atoms with Crippen molar-refractivity contribution in [2.75, 3.05) is 26.2 Å². The molecular formula is C17H27NO2. The third-order valence-corrected chi connectivity index (χ3v) is 3.51. The molecule has 20 heavy (non-hydrogen) atoms. The number of aryl methyl sites for hydroxylation is 1. The lowest BCUT2D eigenvalue weighted by Crippen LogP contribution is -2.25. The molecule has 112 valence electrons. The van der Waals surface area contributed by atoms with E-state index in [2.05, 4.69) is 25.7 Å². The molecule has 1 aromatic carbocycles. The van der Waals surface area contributed by atoms with Gasteiger partial charge in [-0.3, -0.25) is 4.79 Å². The lowest BCUT2D eigenvalue weighted by atomic mass is 10.0. The maximum absolute atomic E-state index is 12.2. The number of ketones is 1. The predicted molar refractivity (Wildman–Crippen MR) is 83.7 cm³/mol. The SMILES string of the molecule is CCCOc1ccc(C(=O)CCN(CC)CC)cc1C. The molecule has 3 heteroatoms. The Bertz CT molecular complexity index is 425. The van der Waals surface area contributed by atoms with Crippen molar-refractivity contribution in [2.45, 2.75) is 40.5 Å². The fraction of sp³-hybridized carbons (Fsp3) is 0.588. The summed E-state index contributed by atoms with van der Waals surface area (Å²) < 4.78 is 5.63. The topological polar surface area (TPSA) is 29.5 Å². The van der Waals surface area contributed by atoms with Gasteiger partial charge in [-0.05, 0) is 50.2 Å². The minimum atomic E-state index is 0.210. The third kappa shape index (κ3) is 4.97. The van der Waals surface area contributed by atoms with Crippen molar-refractivity contribution in [3.05, 3.63) is 29.3 Å². The van der Waals surface area contributed by atoms with Gasteiger partial charge in [-0.1, -0.05) is 20.8 Å². The summed E-state index contributed by atoms with van der Waals surface area (Å²) in [6, 6.07) is 5.73. The second-order valence-electron chi connectivity index (χ2n) is 5.03. The van der Waals surface area contributed by atoms with E-state index in [4.69, 9.17) is 4.74 Å². The van der Waals surface area contributed by atoms with Gasteiger partial charge in [-0.15, -0.1) is 0 Å². The highest BCUT2D eigenvalue weighted by molar-refractivity contribution is 5.96. The Balaban J connectivity index is 2.62. The largest absolute Gasteiger partial charge is 0.493 e. The van der Waals surface area contributed by atoms with Crippen LogP contribution in [0.3, 0.4) is 0 Å². The van der Waals surface area contributed by atoms with Crippen LogP contribution in [-0.4, -0.2) is 36.9 Å². The van der Waals surface area contributed by atoms with Crippen LogP contribution in [-0.2, 0) is 0 Å². The number of rotatable bonds is 9. The van der Waals surface area contributed by atoms with Crippen LogP contribution >= 0.6 is 0 Å². The number of hydrogen-bond acceptors (Lipinski definition) is 3. The number of benzene rings is 1. The highest BCUT2D eigenvalue weighted by Crippen LogP contribution is 2.20. The van der Waals surface area contributed by atoms with Gasteiger partial charge in [0.25, 0.3) is 0 Å². The molecule has 0 aliphatic rings. The summed E-state index contributed by atoms with van der Waals surface area (Å²) >= 11 is 0. The molecule has 0 unspecified atom stereocenters. The standard InChI is InChI=1S/C17H27NO2/c1-5-12-20-17-9-8-15(13-14(17)4)16(19)10-11-18(6-2)7-3/h8-9,13H,5-7,10-12H2,1-4H3. The third-order valence-electron chi connectivity index (χ3n) is 3.51. The van der Waals surface area contributed by atoms with Gasteiger partial charge in [-0.2, -0.15) is 0 Å². The van der Waals surface area contributed by atoms with Crippen molar-refractivity contribution < 1.29 is 9.53 Å². The maximum atomic E-state index is 12.2. The molecular weight excluding hydrogens is 250 g/mol. The first-order valence-corrected chi connectivity index (χ1v) is 7.61. The summed E-state index contributed by atoms with van der Waals surface area (Å²) in [4.78, 5) is 14.5. The zero-order chi connectivity index (χ0) is 15.0. The van der Waals surface area contributed by atoms with Crippen molar-refractivity contribution in [3.63, 3.8) is 0 Å². The number of carbonyl (C=O) groups excluding carboxylic acids is 1. The molecule has 0 radical (unpaired) electrons. The first-order chi connectivity index (χ1) is 9.62. The molecule has 1 rings (SSSR count). The molecule has 0 atom stereocenters. The molecule has 0 aliphatic heterocycles. The molecule has 0 saturated heterocycles. The lowest BCUT2D eigenvalue weighted by molar-refractivity contribution is 0.0966. The zero-order valence-corrected chi connectivity index (χ0v) is 13.2. The molecule has 3 nitrogen and oxygen atoms in total. The average molecular weight is 277 g/mol. The van der Waals surface area contributed by atoms with Crippen molar-refractivity contribution in [2.24, 2.45) is 0 Å². The van der Waals surface area contributed by atoms with Crippen molar-refractivity contribution in [1.29, 1.82) is 0 Å². The number of ether oxygens (including phenoxy) is 1. The van der Waals surface area contributed by atoms with Gasteiger partial charge in [0.1, 0.15) is 5.75 Å². The normalized spacial score (nSPS) is 10.8. The molecule has 1 aromatic rings. The monoisotopic (exact) mass is 277 g/mol. The van der Waals surface area contributed by atoms with E-state index < -0.39 is 0 Å². The molecule has 0 fully saturated rings. The second-order valence-corrected chi connectivity index (χ2v) is 5.03. The Kier molecular flexibility index (Phi) is 7.31. The molecule has 0 aromatic heterocycles. The van der Waals surface area contributed by atoms with E-state index >= 15 is 0 Å². The van der Waals surface area contributed by atoms with Crippen LogP contribution in [0.4, 0.5) is 0 Å². The first-order valence-electron chi connectivity index (χ1n) is 7.61. The number of Topliss-reactive ketones (excluding diaryl/α,β-unsaturated/α-hetero) is 1. The summed E-state index contributed by atoms with van der Waals surface area (Å²) in [6.07, 6.45) is 1.57. The summed E-state index contributed by atoms with van der Waals surface area (Å²) in [5, 5.41) is 0. The van der Waals surface area contributed by atoms with Crippen LogP contribution in [0.25, 0.3) is 0 Å². The first kappa shape index (κ1) is 16.7. The van der Waals surface area contributed by atoms with E-state index in [1.54, 1.807) is 0 Å². The quantitative estimate of drug-likeness (QED) is 0.645. The van der Waals surface area contributed by atoms with Gasteiger partial charge in [-0.25, -0.2) is 0 Å². The molecule has 0 heterocycles. The van der Waals surface area contributed by atoms with Gasteiger partial charge in [0, 0.05) is 18.5 Å². The summed E-state index contributed by atoms with van der Waals surface area (Å²) in [6.45, 7) is 11.9. The Morgan fingerprint density at radius 2 is 1.90 bits per heavy atom. The lowest BCUT2D eigenvalue weighted by Gasteiger charge is -2.17. The summed E-state index contributed by atoms with van der Waals surface area (Å²) in [7, 11) is 0. The molecule has 0 N–H and O–H groups in total. The fourth-order valence-electron chi connectivity index (χ4n) is 2.14. The van der Waals surface area contributed by atoms with Crippen LogP contribution < -0.4 is 4.74 Å². The molecule has 0 saturated carbocycles. The highest BCUT2D eigenvalue weighted by atomic mass is 16.5. The average Bonchev–Trinajstić information content (AvgIpc) is 2.46. The molecule has 0 aliphatic carbocycles. The Labute approximate surface area is 122 Å². The van der Waals surface area contributed by atoms with Gasteiger partial charge in [0.05, 0.1) is 6.61 Å². The van der Waals surface area contributed by atoms with Crippen LogP contribution in [0, 0.1) is 6.92 Å². The van der Waals surface area contributed by atoms with E-state index in [0.29, 0.717) is 6.42 Å². The van der Waals surface area contributed by atoms with Gasteiger partial charge < -0.3 is 9.64 Å². The van der Waals surface area contributed by atoms with Crippen LogP contribution in [0.5, 0.6) is 5.75 Å². The molecule has 0 bridgehead atoms. The smallest absolute Gasteiger partial charge is 0.164 e. The van der Waals surface area contributed by atoms with Gasteiger partial charge in [0.15, 0.2) is 5.78 Å². The number of hydrogen-bond donors (Lipinski definition) is 0. The summed E-state index contributed by atoms with van der Waals surface area (Å²) in [5.74, 6) is 1.09. The highest BCUT2D eigenvalue weighted by Gasteiger charge is 2.10. The van der Waals surface area contributed by atoms with Crippen molar-refractivity contribution >= 4 is 5.78 Å². The van der Waals surface area contributed by atoms with Gasteiger partial charge in [0.2, 0.25) is 0 Å². The van der Waals surface area contributed by atoms with E-state index in [9.17, 15) is 4.79 Å². The number of nitrogens with zero attached hydrogens (tertiary/aromatic N) is 1. The maximum Gasteiger partial charge on any atom is 0.164 e. The Hall–Kier alpha value is -1.35. The molecule has 0 spiro atoms.